The molecule has 2 aromatic rings. The van der Waals surface area contributed by atoms with Crippen LogP contribution < -0.4 is 4.90 Å². The summed E-state index contributed by atoms with van der Waals surface area (Å²) >= 11 is 0. The second-order valence-corrected chi connectivity index (χ2v) is 5.08. The predicted octanol–water partition coefficient (Wildman–Crippen LogP) is 2.94. The molecule has 8 heteroatoms. The van der Waals surface area contributed by atoms with Gasteiger partial charge in [-0.1, -0.05) is 18.2 Å². The van der Waals surface area contributed by atoms with Crippen LogP contribution in [0.2, 0.25) is 0 Å². The number of pyridine rings is 1. The van der Waals surface area contributed by atoms with Crippen LogP contribution in [0.15, 0.2) is 36.5 Å². The van der Waals surface area contributed by atoms with Crippen LogP contribution in [0.5, 0.6) is 0 Å². The van der Waals surface area contributed by atoms with Crippen molar-refractivity contribution in [3.8, 4) is 11.3 Å². The van der Waals surface area contributed by atoms with Crippen LogP contribution in [0.1, 0.15) is 15.9 Å². The molecule has 1 aliphatic rings. The lowest BCUT2D eigenvalue weighted by Gasteiger charge is -2.31. The highest BCUT2D eigenvalue weighted by molar-refractivity contribution is 6.04. The summed E-state index contributed by atoms with van der Waals surface area (Å²) in [5.74, 6) is -2.70. The molecule has 1 aliphatic heterocycles. The molecule has 0 atom stereocenters. The highest BCUT2D eigenvalue weighted by Crippen LogP contribution is 2.40. The van der Waals surface area contributed by atoms with Gasteiger partial charge in [0.25, 0.3) is 0 Å². The third kappa shape index (κ3) is 2.49. The van der Waals surface area contributed by atoms with Gasteiger partial charge in [0.15, 0.2) is 0 Å². The van der Waals surface area contributed by atoms with Crippen molar-refractivity contribution in [1.29, 1.82) is 0 Å². The molecule has 2 heterocycles. The summed E-state index contributed by atoms with van der Waals surface area (Å²) in [7, 11) is 1.17. The fourth-order valence-corrected chi connectivity index (χ4v) is 2.67. The van der Waals surface area contributed by atoms with Crippen molar-refractivity contribution in [2.75, 3.05) is 12.0 Å². The SMILES string of the molecule is COC(=O)c1ccnc2c1CN(C(=O)C(F)(F)F)c1ccccc1-2. The van der Waals surface area contributed by atoms with Crippen molar-refractivity contribution < 1.29 is 27.5 Å². The van der Waals surface area contributed by atoms with E-state index in [1.807, 2.05) is 0 Å². The van der Waals surface area contributed by atoms with Crippen molar-refractivity contribution in [3.63, 3.8) is 0 Å². The van der Waals surface area contributed by atoms with Gasteiger partial charge in [0.1, 0.15) is 0 Å². The molecule has 0 saturated heterocycles. The summed E-state index contributed by atoms with van der Waals surface area (Å²) in [4.78, 5) is 28.5. The van der Waals surface area contributed by atoms with E-state index in [9.17, 15) is 22.8 Å². The lowest BCUT2D eigenvalue weighted by molar-refractivity contribution is -0.170. The minimum absolute atomic E-state index is 0.0805. The average molecular weight is 336 g/mol. The van der Waals surface area contributed by atoms with Gasteiger partial charge in [0.05, 0.1) is 30.6 Å². The number of rotatable bonds is 1. The number of methoxy groups -OCH3 is 1. The first-order valence-corrected chi connectivity index (χ1v) is 6.89. The van der Waals surface area contributed by atoms with Gasteiger partial charge in [-0.15, -0.1) is 0 Å². The number of nitrogens with zero attached hydrogens (tertiary/aromatic N) is 2. The highest BCUT2D eigenvalue weighted by atomic mass is 19.4. The van der Waals surface area contributed by atoms with Gasteiger partial charge in [0.2, 0.25) is 0 Å². The molecule has 1 amide bonds. The molecule has 0 saturated carbocycles. The lowest BCUT2D eigenvalue weighted by Crippen LogP contribution is -2.42. The first kappa shape index (κ1) is 16.0. The maximum Gasteiger partial charge on any atom is 0.471 e. The van der Waals surface area contributed by atoms with E-state index < -0.39 is 24.6 Å². The number of amides is 1. The van der Waals surface area contributed by atoms with Crippen molar-refractivity contribution in [2.45, 2.75) is 12.7 Å². The zero-order valence-electron chi connectivity index (χ0n) is 12.4. The Bertz CT molecular complexity index is 834. The smallest absolute Gasteiger partial charge is 0.465 e. The van der Waals surface area contributed by atoms with E-state index in [2.05, 4.69) is 9.72 Å². The van der Waals surface area contributed by atoms with Gasteiger partial charge >= 0.3 is 18.1 Å². The largest absolute Gasteiger partial charge is 0.471 e. The minimum Gasteiger partial charge on any atom is -0.465 e. The van der Waals surface area contributed by atoms with Gasteiger partial charge in [-0.25, -0.2) is 4.79 Å². The van der Waals surface area contributed by atoms with Crippen molar-refractivity contribution in [2.24, 2.45) is 0 Å². The molecular weight excluding hydrogens is 325 g/mol. The topological polar surface area (TPSA) is 59.5 Å². The van der Waals surface area contributed by atoms with Crippen molar-refractivity contribution >= 4 is 17.6 Å². The first-order chi connectivity index (χ1) is 11.3. The number of hydrogen-bond acceptors (Lipinski definition) is 4. The number of carbonyl (C=O) groups is 2. The van der Waals surface area contributed by atoms with E-state index in [0.717, 1.165) is 0 Å². The van der Waals surface area contributed by atoms with Gasteiger partial charge in [0, 0.05) is 17.3 Å². The Hall–Kier alpha value is -2.90. The molecule has 0 N–H and O–H groups in total. The van der Waals surface area contributed by atoms with Crippen LogP contribution in [-0.2, 0) is 16.1 Å². The third-order valence-electron chi connectivity index (χ3n) is 3.71. The summed E-state index contributed by atoms with van der Waals surface area (Å²) in [6, 6.07) is 7.47. The maximum atomic E-state index is 12.9. The van der Waals surface area contributed by atoms with Crippen molar-refractivity contribution in [3.05, 3.63) is 47.7 Å². The second-order valence-electron chi connectivity index (χ2n) is 5.08. The Morgan fingerprint density at radius 1 is 1.21 bits per heavy atom. The Morgan fingerprint density at radius 3 is 2.58 bits per heavy atom. The fraction of sp³-hybridized carbons (Fsp3) is 0.188. The van der Waals surface area contributed by atoms with Crippen LogP contribution in [0.25, 0.3) is 11.3 Å². The van der Waals surface area contributed by atoms with Crippen LogP contribution >= 0.6 is 0 Å². The average Bonchev–Trinajstić information content (AvgIpc) is 2.58. The van der Waals surface area contributed by atoms with E-state index in [-0.39, 0.29) is 16.8 Å². The number of alkyl halides is 3. The number of ether oxygens (including phenoxy) is 1. The molecular formula is C16H11F3N2O3. The third-order valence-corrected chi connectivity index (χ3v) is 3.71. The normalized spacial score (nSPS) is 13.1. The highest BCUT2D eigenvalue weighted by Gasteiger charge is 2.45. The predicted molar refractivity (Wildman–Crippen MR) is 78.3 cm³/mol. The standard InChI is InChI=1S/C16H11F3N2O3/c1-24-14(22)9-6-7-20-13-10-4-2-3-5-12(10)21(8-11(9)13)15(23)16(17,18)19/h2-7H,8H2,1H3. The monoisotopic (exact) mass is 336 g/mol. The number of anilines is 1. The van der Waals surface area contributed by atoms with E-state index in [4.69, 9.17) is 0 Å². The van der Waals surface area contributed by atoms with Crippen LogP contribution in [0.4, 0.5) is 18.9 Å². The Balaban J connectivity index is 2.22. The van der Waals surface area contributed by atoms with E-state index in [0.29, 0.717) is 16.2 Å². The molecule has 1 aromatic heterocycles. The summed E-state index contributed by atoms with van der Waals surface area (Å²) in [5, 5.41) is 0. The van der Waals surface area contributed by atoms with Crippen molar-refractivity contribution in [1.82, 2.24) is 4.98 Å². The maximum absolute atomic E-state index is 12.9. The molecule has 0 fully saturated rings. The lowest BCUT2D eigenvalue weighted by atomic mass is 9.94. The van der Waals surface area contributed by atoms with Gasteiger partial charge in [-0.3, -0.25) is 14.7 Å². The molecule has 0 bridgehead atoms. The number of carbonyl (C=O) groups excluding carboxylic acids is 2. The van der Waals surface area contributed by atoms with Gasteiger partial charge < -0.3 is 4.74 Å². The Kier molecular flexibility index (Phi) is 3.75. The number of esters is 1. The van der Waals surface area contributed by atoms with E-state index in [1.54, 1.807) is 12.1 Å². The summed E-state index contributed by atoms with van der Waals surface area (Å²) < 4.78 is 43.5. The van der Waals surface area contributed by atoms with E-state index in [1.165, 1.54) is 31.5 Å². The number of aromatic nitrogens is 1. The quantitative estimate of drug-likeness (QED) is 0.751. The molecule has 124 valence electrons. The fourth-order valence-electron chi connectivity index (χ4n) is 2.67. The van der Waals surface area contributed by atoms with Crippen LogP contribution in [0.3, 0.4) is 0 Å². The molecule has 0 spiro atoms. The molecule has 5 nitrogen and oxygen atoms in total. The molecule has 3 rings (SSSR count). The van der Waals surface area contributed by atoms with Gasteiger partial charge in [-0.2, -0.15) is 13.2 Å². The van der Waals surface area contributed by atoms with E-state index >= 15 is 0 Å². The Labute approximate surface area is 134 Å². The zero-order chi connectivity index (χ0) is 17.5. The minimum atomic E-state index is -5.03. The number of fused-ring (bicyclic) bond motifs is 3. The van der Waals surface area contributed by atoms with Crippen LogP contribution in [-0.4, -0.2) is 30.1 Å². The van der Waals surface area contributed by atoms with Crippen LogP contribution in [0, 0.1) is 0 Å². The summed E-state index contributed by atoms with van der Waals surface area (Å²) in [6.07, 6.45) is -3.65. The number of halogens is 3. The summed E-state index contributed by atoms with van der Waals surface area (Å²) in [5.41, 5.74) is 1.11. The number of para-hydroxylation sites is 1. The molecule has 0 aliphatic carbocycles. The Morgan fingerprint density at radius 2 is 1.92 bits per heavy atom. The number of hydrogen-bond donors (Lipinski definition) is 0. The summed E-state index contributed by atoms with van der Waals surface area (Å²) in [6.45, 7) is -0.414. The number of benzene rings is 1. The first-order valence-electron chi connectivity index (χ1n) is 6.89. The van der Waals surface area contributed by atoms with Gasteiger partial charge in [-0.05, 0) is 12.1 Å². The second kappa shape index (κ2) is 5.63. The zero-order valence-corrected chi connectivity index (χ0v) is 12.4. The molecule has 1 aromatic carbocycles. The molecule has 24 heavy (non-hydrogen) atoms. The molecule has 0 radical (unpaired) electrons. The molecule has 0 unspecified atom stereocenters.